The molecule has 0 aromatic heterocycles. The van der Waals surface area contributed by atoms with Crippen molar-refractivity contribution in [1.82, 2.24) is 0 Å². The van der Waals surface area contributed by atoms with Crippen LogP contribution in [0, 0.1) is 0 Å². The summed E-state index contributed by atoms with van der Waals surface area (Å²) in [6.45, 7) is 3.06. The maximum Gasteiger partial charge on any atom is 0.372 e. The standard InChI is InChI=1S/C5H6O5.C3H6O/c6-3(5(9)10)1-2-4(7)8;1-3(2)4/h1-2H2,(H,7,8)(H,9,10);1-2H3. The van der Waals surface area contributed by atoms with Gasteiger partial charge in [0.25, 0.3) is 0 Å². The van der Waals surface area contributed by atoms with Crippen LogP contribution in [0.4, 0.5) is 0 Å². The molecule has 6 heteroatoms. The van der Waals surface area contributed by atoms with Crippen molar-refractivity contribution in [3.05, 3.63) is 0 Å². The highest BCUT2D eigenvalue weighted by Gasteiger charge is 2.12. The van der Waals surface area contributed by atoms with Crippen LogP contribution < -0.4 is 0 Å². The molecule has 0 saturated carbocycles. The van der Waals surface area contributed by atoms with E-state index >= 15 is 0 Å². The fourth-order valence-electron chi connectivity index (χ4n) is 0.327. The summed E-state index contributed by atoms with van der Waals surface area (Å²) in [5.41, 5.74) is 0. The van der Waals surface area contributed by atoms with E-state index in [9.17, 15) is 19.2 Å². The third kappa shape index (κ3) is 16.7. The number of carboxylic acids is 2. The van der Waals surface area contributed by atoms with Crippen LogP contribution >= 0.6 is 0 Å². The number of aliphatic carboxylic acids is 2. The highest BCUT2D eigenvalue weighted by atomic mass is 16.4. The first-order valence-electron chi connectivity index (χ1n) is 3.72. The molecule has 0 radical (unpaired) electrons. The number of Topliss-reactive ketones (excluding diaryl/α,β-unsaturated/α-hetero) is 2. The van der Waals surface area contributed by atoms with E-state index in [4.69, 9.17) is 10.2 Å². The molecule has 0 aromatic rings. The Hall–Kier alpha value is -1.72. The second kappa shape index (κ2) is 7.90. The van der Waals surface area contributed by atoms with Crippen molar-refractivity contribution < 1.29 is 29.4 Å². The minimum atomic E-state index is -1.58. The van der Waals surface area contributed by atoms with Crippen molar-refractivity contribution in [3.8, 4) is 0 Å². The number of rotatable bonds is 4. The fourth-order valence-corrected chi connectivity index (χ4v) is 0.327. The fraction of sp³-hybridized carbons (Fsp3) is 0.500. The number of hydrogen-bond acceptors (Lipinski definition) is 4. The number of ketones is 2. The zero-order valence-corrected chi connectivity index (χ0v) is 7.94. The van der Waals surface area contributed by atoms with Gasteiger partial charge in [-0.15, -0.1) is 0 Å². The molecule has 2 N–H and O–H groups in total. The molecule has 0 aromatic carbocycles. The van der Waals surface area contributed by atoms with Gasteiger partial charge in [-0.25, -0.2) is 4.79 Å². The van der Waals surface area contributed by atoms with Crippen LogP contribution in [0.25, 0.3) is 0 Å². The third-order valence-corrected chi connectivity index (χ3v) is 0.804. The first-order valence-corrected chi connectivity index (χ1v) is 3.72. The van der Waals surface area contributed by atoms with Gasteiger partial charge < -0.3 is 15.0 Å². The van der Waals surface area contributed by atoms with E-state index in [0.717, 1.165) is 0 Å². The smallest absolute Gasteiger partial charge is 0.372 e. The second-order valence-corrected chi connectivity index (χ2v) is 2.53. The zero-order valence-electron chi connectivity index (χ0n) is 7.94. The first kappa shape index (κ1) is 14.8. The van der Waals surface area contributed by atoms with Gasteiger partial charge in [-0.05, 0) is 13.8 Å². The molecule has 0 aliphatic carbocycles. The van der Waals surface area contributed by atoms with E-state index in [2.05, 4.69) is 0 Å². The van der Waals surface area contributed by atoms with Gasteiger partial charge in [0.05, 0.1) is 6.42 Å². The van der Waals surface area contributed by atoms with Gasteiger partial charge in [-0.1, -0.05) is 0 Å². The van der Waals surface area contributed by atoms with Crippen LogP contribution in [0.5, 0.6) is 0 Å². The molecule has 0 heterocycles. The molecule has 0 saturated heterocycles. The average molecular weight is 204 g/mol. The van der Waals surface area contributed by atoms with E-state index < -0.39 is 30.6 Å². The van der Waals surface area contributed by atoms with Crippen molar-refractivity contribution in [1.29, 1.82) is 0 Å². The number of carbonyl (C=O) groups is 4. The third-order valence-electron chi connectivity index (χ3n) is 0.804. The quantitative estimate of drug-likeness (QED) is 0.628. The molecule has 0 bridgehead atoms. The molecule has 0 aliphatic rings. The summed E-state index contributed by atoms with van der Waals surface area (Å²) in [7, 11) is 0. The van der Waals surface area contributed by atoms with Crippen molar-refractivity contribution in [2.24, 2.45) is 0 Å². The molecule has 14 heavy (non-hydrogen) atoms. The van der Waals surface area contributed by atoms with Gasteiger partial charge in [0.1, 0.15) is 5.78 Å². The van der Waals surface area contributed by atoms with Gasteiger partial charge >= 0.3 is 11.9 Å². The molecule has 80 valence electrons. The van der Waals surface area contributed by atoms with Gasteiger partial charge in [0.2, 0.25) is 5.78 Å². The highest BCUT2D eigenvalue weighted by Crippen LogP contribution is 1.89. The van der Waals surface area contributed by atoms with Gasteiger partial charge in [0, 0.05) is 6.42 Å². The van der Waals surface area contributed by atoms with Crippen molar-refractivity contribution in [2.45, 2.75) is 26.7 Å². The molecular weight excluding hydrogens is 192 g/mol. The van der Waals surface area contributed by atoms with Crippen LogP contribution in [0.3, 0.4) is 0 Å². The summed E-state index contributed by atoms with van der Waals surface area (Å²) in [5.74, 6) is -3.65. The van der Waals surface area contributed by atoms with Crippen LogP contribution in [0.15, 0.2) is 0 Å². The minimum absolute atomic E-state index is 0.167. The molecule has 0 rings (SSSR count). The van der Waals surface area contributed by atoms with E-state index in [1.165, 1.54) is 13.8 Å². The SMILES string of the molecule is CC(C)=O.O=C(O)CCC(=O)C(=O)O. The van der Waals surface area contributed by atoms with Crippen LogP contribution in [-0.4, -0.2) is 33.7 Å². The molecule has 0 spiro atoms. The van der Waals surface area contributed by atoms with Gasteiger partial charge in [-0.2, -0.15) is 0 Å². The lowest BCUT2D eigenvalue weighted by atomic mass is 10.2. The highest BCUT2D eigenvalue weighted by molar-refractivity contribution is 6.32. The van der Waals surface area contributed by atoms with Crippen LogP contribution in [0.2, 0.25) is 0 Å². The van der Waals surface area contributed by atoms with Crippen LogP contribution in [0.1, 0.15) is 26.7 Å². The Kier molecular flexibility index (Phi) is 8.35. The van der Waals surface area contributed by atoms with Crippen molar-refractivity contribution in [3.63, 3.8) is 0 Å². The lowest BCUT2D eigenvalue weighted by Gasteiger charge is -1.88. The van der Waals surface area contributed by atoms with Crippen molar-refractivity contribution in [2.75, 3.05) is 0 Å². The molecule has 0 aliphatic heterocycles. The summed E-state index contributed by atoms with van der Waals surface area (Å²) in [4.78, 5) is 39.2. The number of carboxylic acid groups (broad SMARTS) is 2. The van der Waals surface area contributed by atoms with Gasteiger partial charge in [-0.3, -0.25) is 9.59 Å². The second-order valence-electron chi connectivity index (χ2n) is 2.53. The molecule has 0 unspecified atom stereocenters. The average Bonchev–Trinajstić information content (AvgIpc) is 1.98. The van der Waals surface area contributed by atoms with E-state index in [1.54, 1.807) is 0 Å². The Morgan fingerprint density at radius 2 is 1.29 bits per heavy atom. The lowest BCUT2D eigenvalue weighted by molar-refractivity contribution is -0.149. The summed E-state index contributed by atoms with van der Waals surface area (Å²) >= 11 is 0. The predicted molar refractivity (Wildman–Crippen MR) is 45.9 cm³/mol. The number of hydrogen-bond donors (Lipinski definition) is 2. The van der Waals surface area contributed by atoms with Gasteiger partial charge in [0.15, 0.2) is 0 Å². The summed E-state index contributed by atoms with van der Waals surface area (Å²) in [6, 6.07) is 0. The maximum atomic E-state index is 10.2. The zero-order chi connectivity index (χ0) is 11.7. The molecule has 0 fully saturated rings. The van der Waals surface area contributed by atoms with E-state index in [0.29, 0.717) is 0 Å². The Labute approximate surface area is 80.5 Å². The lowest BCUT2D eigenvalue weighted by Crippen LogP contribution is -2.13. The maximum absolute atomic E-state index is 10.2. The molecule has 0 amide bonds. The molecule has 0 atom stereocenters. The topological polar surface area (TPSA) is 109 Å². The van der Waals surface area contributed by atoms with Crippen LogP contribution in [-0.2, 0) is 19.2 Å². The monoisotopic (exact) mass is 204 g/mol. The summed E-state index contributed by atoms with van der Waals surface area (Å²) in [6.07, 6.45) is -0.865. The van der Waals surface area contributed by atoms with E-state index in [-0.39, 0.29) is 5.78 Å². The minimum Gasteiger partial charge on any atom is -0.481 e. The normalized spacial score (nSPS) is 8.14. The Morgan fingerprint density at radius 3 is 1.50 bits per heavy atom. The largest absolute Gasteiger partial charge is 0.481 e. The Morgan fingerprint density at radius 1 is 0.929 bits per heavy atom. The molecular formula is C8H12O6. The van der Waals surface area contributed by atoms with Crippen molar-refractivity contribution >= 4 is 23.5 Å². The van der Waals surface area contributed by atoms with E-state index in [1.807, 2.05) is 0 Å². The Bertz CT molecular complexity index is 238. The number of carbonyl (C=O) groups excluding carboxylic acids is 2. The Balaban J connectivity index is 0. The molecule has 6 nitrogen and oxygen atoms in total. The first-order chi connectivity index (χ1) is 6.27. The summed E-state index contributed by atoms with van der Waals surface area (Å²) in [5, 5.41) is 16.0. The predicted octanol–water partition coefficient (Wildman–Crippen LogP) is 0.100. The summed E-state index contributed by atoms with van der Waals surface area (Å²) < 4.78 is 0.